The predicted molar refractivity (Wildman–Crippen MR) is 85.3 cm³/mol. The topological polar surface area (TPSA) is 80.2 Å². The standard InChI is InChI=1S/C16H15N3O3/c1-22-12-7-8-13-14(9-12)18-16(15(13)19(20)21)17-10-11-5-3-2-4-6-11/h2-9,17-18H,10H2,1H3. The van der Waals surface area contributed by atoms with Crippen LogP contribution in [0.3, 0.4) is 0 Å². The smallest absolute Gasteiger partial charge is 0.318 e. The van der Waals surface area contributed by atoms with E-state index in [1.54, 1.807) is 25.3 Å². The average molecular weight is 297 g/mol. The summed E-state index contributed by atoms with van der Waals surface area (Å²) in [6, 6.07) is 14.9. The Kier molecular flexibility index (Phi) is 3.65. The minimum atomic E-state index is -0.376. The number of nitrogens with one attached hydrogen (secondary N) is 2. The number of nitrogens with zero attached hydrogens (tertiary/aromatic N) is 1. The first-order valence-electron chi connectivity index (χ1n) is 6.81. The van der Waals surface area contributed by atoms with Crippen molar-refractivity contribution in [3.05, 3.63) is 64.2 Å². The second-order valence-corrected chi connectivity index (χ2v) is 4.86. The summed E-state index contributed by atoms with van der Waals surface area (Å²) < 4.78 is 5.15. The lowest BCUT2D eigenvalue weighted by Crippen LogP contribution is -2.01. The molecule has 3 aromatic rings. The Morgan fingerprint density at radius 2 is 2.00 bits per heavy atom. The van der Waals surface area contributed by atoms with Gasteiger partial charge >= 0.3 is 5.69 Å². The van der Waals surface area contributed by atoms with Gasteiger partial charge in [-0.1, -0.05) is 30.3 Å². The summed E-state index contributed by atoms with van der Waals surface area (Å²) >= 11 is 0. The van der Waals surface area contributed by atoms with Crippen molar-refractivity contribution < 1.29 is 9.66 Å². The van der Waals surface area contributed by atoms with Crippen LogP contribution in [0.1, 0.15) is 5.56 Å². The molecule has 2 N–H and O–H groups in total. The molecule has 0 amide bonds. The zero-order chi connectivity index (χ0) is 15.5. The number of anilines is 1. The fourth-order valence-electron chi connectivity index (χ4n) is 2.39. The van der Waals surface area contributed by atoms with Gasteiger partial charge in [0, 0.05) is 12.6 Å². The van der Waals surface area contributed by atoms with Gasteiger partial charge in [-0.15, -0.1) is 0 Å². The van der Waals surface area contributed by atoms with Crippen LogP contribution in [0, 0.1) is 10.1 Å². The summed E-state index contributed by atoms with van der Waals surface area (Å²) in [6.07, 6.45) is 0. The second kappa shape index (κ2) is 5.77. The van der Waals surface area contributed by atoms with Crippen molar-refractivity contribution in [1.29, 1.82) is 0 Å². The first-order valence-corrected chi connectivity index (χ1v) is 6.81. The van der Waals surface area contributed by atoms with Crippen molar-refractivity contribution in [3.63, 3.8) is 0 Å². The molecule has 0 aliphatic heterocycles. The lowest BCUT2D eigenvalue weighted by atomic mass is 10.2. The summed E-state index contributed by atoms with van der Waals surface area (Å²) in [7, 11) is 1.56. The number of hydrogen-bond donors (Lipinski definition) is 2. The fraction of sp³-hybridized carbons (Fsp3) is 0.125. The molecule has 0 bridgehead atoms. The number of benzene rings is 2. The van der Waals surface area contributed by atoms with E-state index < -0.39 is 0 Å². The highest BCUT2D eigenvalue weighted by Gasteiger charge is 2.22. The lowest BCUT2D eigenvalue weighted by Gasteiger charge is -2.03. The molecule has 2 aromatic carbocycles. The highest BCUT2D eigenvalue weighted by molar-refractivity contribution is 5.96. The highest BCUT2D eigenvalue weighted by Crippen LogP contribution is 2.35. The Hall–Kier alpha value is -3.02. The summed E-state index contributed by atoms with van der Waals surface area (Å²) in [5.74, 6) is 1.05. The Labute approximate surface area is 126 Å². The molecule has 0 radical (unpaired) electrons. The van der Waals surface area contributed by atoms with Crippen LogP contribution < -0.4 is 10.1 Å². The zero-order valence-electron chi connectivity index (χ0n) is 12.0. The molecule has 1 aromatic heterocycles. The molecular formula is C16H15N3O3. The number of rotatable bonds is 5. The van der Waals surface area contributed by atoms with Crippen LogP contribution in [0.2, 0.25) is 0 Å². The Bertz CT molecular complexity index is 812. The van der Waals surface area contributed by atoms with E-state index in [2.05, 4.69) is 10.3 Å². The molecule has 0 fully saturated rings. The molecule has 22 heavy (non-hydrogen) atoms. The molecule has 0 saturated heterocycles. The Balaban J connectivity index is 1.97. The maximum absolute atomic E-state index is 11.4. The van der Waals surface area contributed by atoms with Gasteiger partial charge in [-0.25, -0.2) is 0 Å². The molecule has 0 atom stereocenters. The molecule has 3 rings (SSSR count). The van der Waals surface area contributed by atoms with Gasteiger partial charge in [0.15, 0.2) is 5.82 Å². The van der Waals surface area contributed by atoms with Gasteiger partial charge in [-0.05, 0) is 17.7 Å². The molecule has 6 nitrogen and oxygen atoms in total. The van der Waals surface area contributed by atoms with Crippen molar-refractivity contribution >= 4 is 22.4 Å². The average Bonchev–Trinajstić information content (AvgIpc) is 2.91. The third-order valence-corrected chi connectivity index (χ3v) is 3.47. The summed E-state index contributed by atoms with van der Waals surface area (Å²) in [5.41, 5.74) is 1.77. The molecule has 0 spiro atoms. The minimum absolute atomic E-state index is 0.0496. The van der Waals surface area contributed by atoms with E-state index in [4.69, 9.17) is 4.74 Å². The van der Waals surface area contributed by atoms with E-state index in [-0.39, 0.29) is 10.6 Å². The summed E-state index contributed by atoms with van der Waals surface area (Å²) in [5, 5.41) is 15.0. The molecule has 6 heteroatoms. The first kappa shape index (κ1) is 13.9. The van der Waals surface area contributed by atoms with Crippen LogP contribution in [0.5, 0.6) is 5.75 Å². The van der Waals surface area contributed by atoms with Crippen molar-refractivity contribution in [2.24, 2.45) is 0 Å². The number of hydrogen-bond acceptors (Lipinski definition) is 4. The van der Waals surface area contributed by atoms with Crippen LogP contribution in [-0.4, -0.2) is 17.0 Å². The van der Waals surface area contributed by atoms with Gasteiger partial charge in [-0.2, -0.15) is 0 Å². The quantitative estimate of drug-likeness (QED) is 0.556. The normalized spacial score (nSPS) is 10.6. The zero-order valence-corrected chi connectivity index (χ0v) is 12.0. The fourth-order valence-corrected chi connectivity index (χ4v) is 2.39. The summed E-state index contributed by atoms with van der Waals surface area (Å²) in [6.45, 7) is 0.506. The molecular weight excluding hydrogens is 282 g/mol. The Morgan fingerprint density at radius 3 is 2.68 bits per heavy atom. The van der Waals surface area contributed by atoms with Crippen molar-refractivity contribution in [2.45, 2.75) is 6.54 Å². The molecule has 0 saturated carbocycles. The Morgan fingerprint density at radius 1 is 1.23 bits per heavy atom. The maximum Gasteiger partial charge on any atom is 0.318 e. The molecule has 0 aliphatic carbocycles. The second-order valence-electron chi connectivity index (χ2n) is 4.86. The van der Waals surface area contributed by atoms with E-state index in [0.29, 0.717) is 29.0 Å². The number of aromatic nitrogens is 1. The molecule has 112 valence electrons. The van der Waals surface area contributed by atoms with Crippen LogP contribution in [0.15, 0.2) is 48.5 Å². The van der Waals surface area contributed by atoms with Gasteiger partial charge in [-0.3, -0.25) is 10.1 Å². The number of aromatic amines is 1. The third kappa shape index (κ3) is 2.58. The highest BCUT2D eigenvalue weighted by atomic mass is 16.6. The monoisotopic (exact) mass is 297 g/mol. The third-order valence-electron chi connectivity index (χ3n) is 3.47. The van der Waals surface area contributed by atoms with E-state index in [1.807, 2.05) is 30.3 Å². The number of ether oxygens (including phenoxy) is 1. The molecule has 0 unspecified atom stereocenters. The SMILES string of the molecule is COc1ccc2c([N+](=O)[O-])c(NCc3ccccc3)[nH]c2c1. The molecule has 0 aliphatic rings. The largest absolute Gasteiger partial charge is 0.497 e. The van der Waals surface area contributed by atoms with Gasteiger partial charge in [0.2, 0.25) is 0 Å². The molecule has 1 heterocycles. The van der Waals surface area contributed by atoms with Crippen LogP contribution in [0.25, 0.3) is 10.9 Å². The van der Waals surface area contributed by atoms with E-state index in [1.165, 1.54) is 0 Å². The number of nitro groups is 1. The lowest BCUT2D eigenvalue weighted by molar-refractivity contribution is -0.382. The van der Waals surface area contributed by atoms with E-state index in [0.717, 1.165) is 5.56 Å². The van der Waals surface area contributed by atoms with Crippen molar-refractivity contribution in [2.75, 3.05) is 12.4 Å². The van der Waals surface area contributed by atoms with Crippen LogP contribution in [0.4, 0.5) is 11.5 Å². The first-order chi connectivity index (χ1) is 10.7. The van der Waals surface area contributed by atoms with E-state index in [9.17, 15) is 10.1 Å². The number of fused-ring (bicyclic) bond motifs is 1. The predicted octanol–water partition coefficient (Wildman–Crippen LogP) is 3.70. The van der Waals surface area contributed by atoms with Gasteiger partial charge in [0.25, 0.3) is 0 Å². The van der Waals surface area contributed by atoms with Gasteiger partial charge < -0.3 is 15.0 Å². The van der Waals surface area contributed by atoms with Gasteiger partial charge in [0.05, 0.1) is 22.9 Å². The van der Waals surface area contributed by atoms with Crippen molar-refractivity contribution in [1.82, 2.24) is 4.98 Å². The maximum atomic E-state index is 11.4. The minimum Gasteiger partial charge on any atom is -0.497 e. The number of H-pyrrole nitrogens is 1. The van der Waals surface area contributed by atoms with Crippen LogP contribution in [-0.2, 0) is 6.54 Å². The van der Waals surface area contributed by atoms with Crippen molar-refractivity contribution in [3.8, 4) is 5.75 Å². The van der Waals surface area contributed by atoms with Crippen LogP contribution >= 0.6 is 0 Å². The number of methoxy groups -OCH3 is 1. The van der Waals surface area contributed by atoms with Gasteiger partial charge in [0.1, 0.15) is 5.75 Å². The van der Waals surface area contributed by atoms with E-state index >= 15 is 0 Å². The summed E-state index contributed by atoms with van der Waals surface area (Å²) in [4.78, 5) is 14.1.